The van der Waals surface area contributed by atoms with Crippen LogP contribution in [0.15, 0.2) is 0 Å². The van der Waals surface area contributed by atoms with Crippen molar-refractivity contribution in [3.8, 4) is 0 Å². The Labute approximate surface area is 127 Å². The van der Waals surface area contributed by atoms with Gasteiger partial charge in [0.05, 0.1) is 13.1 Å². The highest BCUT2D eigenvalue weighted by Gasteiger charge is 2.27. The number of amides is 2. The molecule has 2 saturated heterocycles. The van der Waals surface area contributed by atoms with Crippen molar-refractivity contribution in [2.75, 3.05) is 52.4 Å². The number of hydrogen-bond donors (Lipinski definition) is 1. The van der Waals surface area contributed by atoms with Crippen molar-refractivity contribution in [1.29, 1.82) is 0 Å². The third-order valence-electron chi connectivity index (χ3n) is 4.48. The van der Waals surface area contributed by atoms with Gasteiger partial charge in [-0.05, 0) is 18.3 Å². The summed E-state index contributed by atoms with van der Waals surface area (Å²) >= 11 is 0. The molecule has 0 aromatic heterocycles. The lowest BCUT2D eigenvalue weighted by molar-refractivity contribution is -0.136. The highest BCUT2D eigenvalue weighted by Crippen LogP contribution is 2.21. The zero-order valence-electron chi connectivity index (χ0n) is 13.3. The molecule has 0 bridgehead atoms. The molecule has 2 aliphatic rings. The van der Waals surface area contributed by atoms with E-state index in [1.807, 2.05) is 4.90 Å². The van der Waals surface area contributed by atoms with Gasteiger partial charge in [0.2, 0.25) is 11.8 Å². The molecule has 0 aromatic rings. The van der Waals surface area contributed by atoms with E-state index in [4.69, 9.17) is 5.73 Å². The molecule has 0 aromatic carbocycles. The maximum atomic E-state index is 12.4. The third kappa shape index (κ3) is 4.41. The first-order chi connectivity index (χ1) is 9.99. The van der Waals surface area contributed by atoms with Gasteiger partial charge in [-0.3, -0.25) is 14.5 Å². The molecule has 6 nitrogen and oxygen atoms in total. The maximum absolute atomic E-state index is 12.4. The van der Waals surface area contributed by atoms with Crippen LogP contribution >= 0.6 is 0 Å². The second kappa shape index (κ2) is 7.22. The SMILES string of the molecule is CC1CC(C)CN(C(=O)CN2CCN(C(=O)CN)CC2)C1. The third-order valence-corrected chi connectivity index (χ3v) is 4.48. The van der Waals surface area contributed by atoms with Crippen LogP contribution in [0.2, 0.25) is 0 Å². The molecule has 0 radical (unpaired) electrons. The monoisotopic (exact) mass is 296 g/mol. The van der Waals surface area contributed by atoms with Gasteiger partial charge >= 0.3 is 0 Å². The Morgan fingerprint density at radius 3 is 2.05 bits per heavy atom. The normalized spacial score (nSPS) is 27.8. The van der Waals surface area contributed by atoms with Gasteiger partial charge in [0.1, 0.15) is 0 Å². The number of likely N-dealkylation sites (tertiary alicyclic amines) is 1. The molecule has 0 saturated carbocycles. The van der Waals surface area contributed by atoms with Crippen molar-refractivity contribution >= 4 is 11.8 Å². The fourth-order valence-corrected chi connectivity index (χ4v) is 3.44. The molecule has 120 valence electrons. The Morgan fingerprint density at radius 2 is 1.52 bits per heavy atom. The van der Waals surface area contributed by atoms with E-state index in [0.29, 0.717) is 31.5 Å². The van der Waals surface area contributed by atoms with Gasteiger partial charge < -0.3 is 15.5 Å². The summed E-state index contributed by atoms with van der Waals surface area (Å²) in [4.78, 5) is 29.9. The number of piperazine rings is 1. The van der Waals surface area contributed by atoms with Crippen molar-refractivity contribution in [1.82, 2.24) is 14.7 Å². The van der Waals surface area contributed by atoms with Crippen molar-refractivity contribution < 1.29 is 9.59 Å². The summed E-state index contributed by atoms with van der Waals surface area (Å²) in [6.45, 7) is 9.62. The summed E-state index contributed by atoms with van der Waals surface area (Å²) in [6, 6.07) is 0. The molecule has 6 heteroatoms. The van der Waals surface area contributed by atoms with Gasteiger partial charge in [-0.25, -0.2) is 0 Å². The van der Waals surface area contributed by atoms with Crippen molar-refractivity contribution in [2.45, 2.75) is 20.3 Å². The van der Waals surface area contributed by atoms with Crippen LogP contribution in [0.3, 0.4) is 0 Å². The molecule has 21 heavy (non-hydrogen) atoms. The maximum Gasteiger partial charge on any atom is 0.236 e. The van der Waals surface area contributed by atoms with Gasteiger partial charge in [-0.1, -0.05) is 13.8 Å². The number of rotatable bonds is 3. The first-order valence-electron chi connectivity index (χ1n) is 7.97. The Kier molecular flexibility index (Phi) is 5.58. The molecule has 2 heterocycles. The van der Waals surface area contributed by atoms with Crippen LogP contribution in [-0.2, 0) is 9.59 Å². The number of nitrogens with two attached hydrogens (primary N) is 1. The summed E-state index contributed by atoms with van der Waals surface area (Å²) in [7, 11) is 0. The van der Waals surface area contributed by atoms with Crippen molar-refractivity contribution in [3.05, 3.63) is 0 Å². The van der Waals surface area contributed by atoms with Crippen LogP contribution in [-0.4, -0.2) is 78.9 Å². The average molecular weight is 296 g/mol. The minimum absolute atomic E-state index is 0.000318. The molecule has 2 unspecified atom stereocenters. The first kappa shape index (κ1) is 16.2. The lowest BCUT2D eigenvalue weighted by atomic mass is 9.92. The Morgan fingerprint density at radius 1 is 0.952 bits per heavy atom. The lowest BCUT2D eigenvalue weighted by Gasteiger charge is -2.38. The van der Waals surface area contributed by atoms with Crippen LogP contribution in [0, 0.1) is 11.8 Å². The minimum Gasteiger partial charge on any atom is -0.341 e. The highest BCUT2D eigenvalue weighted by atomic mass is 16.2. The first-order valence-corrected chi connectivity index (χ1v) is 7.97. The van der Waals surface area contributed by atoms with Crippen LogP contribution in [0.5, 0.6) is 0 Å². The second-order valence-corrected chi connectivity index (χ2v) is 6.61. The molecular weight excluding hydrogens is 268 g/mol. The predicted octanol–water partition coefficient (Wildman–Crippen LogP) is -0.406. The quantitative estimate of drug-likeness (QED) is 0.769. The molecular formula is C15H28N4O2. The van der Waals surface area contributed by atoms with E-state index in [2.05, 4.69) is 18.7 Å². The summed E-state index contributed by atoms with van der Waals surface area (Å²) in [5.41, 5.74) is 5.38. The zero-order chi connectivity index (χ0) is 15.4. The molecule has 2 atom stereocenters. The zero-order valence-corrected chi connectivity index (χ0v) is 13.3. The Bertz CT molecular complexity index is 370. The number of hydrogen-bond acceptors (Lipinski definition) is 4. The van der Waals surface area contributed by atoms with Gasteiger partial charge in [-0.2, -0.15) is 0 Å². The minimum atomic E-state index is -0.000318. The smallest absolute Gasteiger partial charge is 0.236 e. The van der Waals surface area contributed by atoms with Crippen LogP contribution in [0.4, 0.5) is 0 Å². The number of piperidine rings is 1. The topological polar surface area (TPSA) is 69.9 Å². The molecule has 2 aliphatic heterocycles. The highest BCUT2D eigenvalue weighted by molar-refractivity contribution is 5.79. The van der Waals surface area contributed by atoms with Gasteiger partial charge in [0.15, 0.2) is 0 Å². The number of nitrogens with zero attached hydrogens (tertiary/aromatic N) is 3. The molecule has 2 fully saturated rings. The summed E-state index contributed by atoms with van der Waals surface area (Å²) in [6.07, 6.45) is 1.21. The van der Waals surface area contributed by atoms with Crippen LogP contribution in [0.25, 0.3) is 0 Å². The van der Waals surface area contributed by atoms with E-state index < -0.39 is 0 Å². The van der Waals surface area contributed by atoms with Crippen molar-refractivity contribution in [3.63, 3.8) is 0 Å². The average Bonchev–Trinajstić information content (AvgIpc) is 2.46. The summed E-state index contributed by atoms with van der Waals surface area (Å²) in [5.74, 6) is 1.42. The largest absolute Gasteiger partial charge is 0.341 e. The van der Waals surface area contributed by atoms with Crippen LogP contribution < -0.4 is 5.73 Å². The van der Waals surface area contributed by atoms with E-state index in [-0.39, 0.29) is 18.4 Å². The van der Waals surface area contributed by atoms with E-state index in [0.717, 1.165) is 26.2 Å². The van der Waals surface area contributed by atoms with Gasteiger partial charge in [0, 0.05) is 39.3 Å². The predicted molar refractivity (Wildman–Crippen MR) is 81.6 cm³/mol. The molecule has 2 amide bonds. The van der Waals surface area contributed by atoms with Crippen molar-refractivity contribution in [2.24, 2.45) is 17.6 Å². The summed E-state index contributed by atoms with van der Waals surface area (Å²) < 4.78 is 0. The number of carbonyl (C=O) groups excluding carboxylic acids is 2. The van der Waals surface area contributed by atoms with Gasteiger partial charge in [0.25, 0.3) is 0 Å². The standard InChI is InChI=1S/C15H28N4O2/c1-12-7-13(2)10-19(9-12)15(21)11-17-3-5-18(6-4-17)14(20)8-16/h12-13H,3-11,16H2,1-2H3. The van der Waals surface area contributed by atoms with E-state index in [1.165, 1.54) is 6.42 Å². The number of carbonyl (C=O) groups is 2. The lowest BCUT2D eigenvalue weighted by Crippen LogP contribution is -2.53. The molecule has 0 aliphatic carbocycles. The molecule has 0 spiro atoms. The van der Waals surface area contributed by atoms with E-state index in [1.54, 1.807) is 4.90 Å². The van der Waals surface area contributed by atoms with Crippen LogP contribution in [0.1, 0.15) is 20.3 Å². The summed E-state index contributed by atoms with van der Waals surface area (Å²) in [5, 5.41) is 0. The second-order valence-electron chi connectivity index (χ2n) is 6.61. The van der Waals surface area contributed by atoms with E-state index in [9.17, 15) is 9.59 Å². The molecule has 2 N–H and O–H groups in total. The Hall–Kier alpha value is -1.14. The Balaban J connectivity index is 1.78. The van der Waals surface area contributed by atoms with E-state index >= 15 is 0 Å². The fraction of sp³-hybridized carbons (Fsp3) is 0.867. The fourth-order valence-electron chi connectivity index (χ4n) is 3.44. The van der Waals surface area contributed by atoms with Gasteiger partial charge in [-0.15, -0.1) is 0 Å². The molecule has 2 rings (SSSR count).